The number of hydrogen-bond donors (Lipinski definition) is 2. The van der Waals surface area contributed by atoms with Crippen LogP contribution in [-0.4, -0.2) is 40.1 Å². The minimum Gasteiger partial charge on any atom is -0.343 e. The SMILES string of the molecule is CCN1C(=O)[C@@H](NC(=O)C(S)Cc2ccccc2)CCCC1(C)C. The molecule has 2 amide bonds. The van der Waals surface area contributed by atoms with E-state index in [1.165, 1.54) is 0 Å². The summed E-state index contributed by atoms with van der Waals surface area (Å²) in [7, 11) is 0. The summed E-state index contributed by atoms with van der Waals surface area (Å²) in [5.74, 6) is -0.148. The molecule has 1 aromatic carbocycles. The highest BCUT2D eigenvalue weighted by Crippen LogP contribution is 2.27. The van der Waals surface area contributed by atoms with Gasteiger partial charge in [0.15, 0.2) is 0 Å². The number of likely N-dealkylation sites (N-methyl/N-ethyl adjacent to an activating group) is 1. The van der Waals surface area contributed by atoms with Crippen molar-refractivity contribution < 1.29 is 9.59 Å². The van der Waals surface area contributed by atoms with Crippen molar-refractivity contribution >= 4 is 24.4 Å². The van der Waals surface area contributed by atoms with Crippen molar-refractivity contribution in [3.8, 4) is 0 Å². The maximum atomic E-state index is 12.8. The predicted octanol–water partition coefficient (Wildman–Crippen LogP) is 2.82. The van der Waals surface area contributed by atoms with Crippen LogP contribution in [-0.2, 0) is 16.0 Å². The van der Waals surface area contributed by atoms with Crippen molar-refractivity contribution in [3.05, 3.63) is 35.9 Å². The number of carbonyl (C=O) groups is 2. The highest BCUT2D eigenvalue weighted by molar-refractivity contribution is 7.81. The first kappa shape index (κ1) is 18.8. The number of likely N-dealkylation sites (tertiary alicyclic amines) is 1. The van der Waals surface area contributed by atoms with Crippen molar-refractivity contribution in [2.75, 3.05) is 6.54 Å². The zero-order chi connectivity index (χ0) is 17.7. The maximum absolute atomic E-state index is 12.8. The summed E-state index contributed by atoms with van der Waals surface area (Å²) in [5.41, 5.74) is 0.909. The fraction of sp³-hybridized carbons (Fsp3) is 0.579. The van der Waals surface area contributed by atoms with Crippen molar-refractivity contribution in [3.63, 3.8) is 0 Å². The van der Waals surface area contributed by atoms with E-state index in [2.05, 4.69) is 31.8 Å². The van der Waals surface area contributed by atoms with Gasteiger partial charge >= 0.3 is 0 Å². The normalized spacial score (nSPS) is 21.9. The van der Waals surface area contributed by atoms with E-state index in [0.717, 1.165) is 18.4 Å². The lowest BCUT2D eigenvalue weighted by molar-refractivity contribution is -0.139. The number of nitrogens with zero attached hydrogens (tertiary/aromatic N) is 1. The molecule has 1 aliphatic rings. The molecule has 24 heavy (non-hydrogen) atoms. The first-order valence-electron chi connectivity index (χ1n) is 8.69. The molecule has 1 aliphatic heterocycles. The Morgan fingerprint density at radius 1 is 1.38 bits per heavy atom. The molecule has 1 saturated heterocycles. The van der Waals surface area contributed by atoms with Gasteiger partial charge < -0.3 is 10.2 Å². The fourth-order valence-corrected chi connectivity index (χ4v) is 3.68. The number of amides is 2. The molecule has 0 bridgehead atoms. The number of rotatable bonds is 5. The summed E-state index contributed by atoms with van der Waals surface area (Å²) in [6, 6.07) is 9.36. The Balaban J connectivity index is 2.00. The van der Waals surface area contributed by atoms with Crippen LogP contribution >= 0.6 is 12.6 Å². The number of thiol groups is 1. The molecular weight excluding hydrogens is 320 g/mol. The number of hydrogen-bond acceptors (Lipinski definition) is 3. The third kappa shape index (κ3) is 4.53. The highest BCUT2D eigenvalue weighted by Gasteiger charge is 2.37. The second-order valence-electron chi connectivity index (χ2n) is 7.05. The summed E-state index contributed by atoms with van der Waals surface area (Å²) in [5, 5.41) is 2.47. The molecular formula is C19H28N2O2S. The molecule has 2 rings (SSSR count). The van der Waals surface area contributed by atoms with Gasteiger partial charge in [-0.05, 0) is 52.0 Å². The fourth-order valence-electron chi connectivity index (χ4n) is 3.40. The van der Waals surface area contributed by atoms with E-state index in [1.54, 1.807) is 0 Å². The van der Waals surface area contributed by atoms with Gasteiger partial charge in [0.05, 0.1) is 5.25 Å². The van der Waals surface area contributed by atoms with Gasteiger partial charge in [-0.25, -0.2) is 0 Å². The molecule has 0 saturated carbocycles. The topological polar surface area (TPSA) is 49.4 Å². The van der Waals surface area contributed by atoms with Crippen molar-refractivity contribution in [1.29, 1.82) is 0 Å². The lowest BCUT2D eigenvalue weighted by atomic mass is 9.97. The number of carbonyl (C=O) groups excluding carboxylic acids is 2. The summed E-state index contributed by atoms with van der Waals surface area (Å²) in [6.07, 6.45) is 3.12. The van der Waals surface area contributed by atoms with Gasteiger partial charge in [0.2, 0.25) is 11.8 Å². The Bertz CT molecular complexity index is 574. The van der Waals surface area contributed by atoms with Crippen LogP contribution in [0.4, 0.5) is 0 Å². The minimum atomic E-state index is -0.452. The molecule has 0 aromatic heterocycles. The van der Waals surface area contributed by atoms with Gasteiger partial charge in [-0.2, -0.15) is 12.6 Å². The summed E-state index contributed by atoms with van der Waals surface area (Å²) >= 11 is 4.44. The molecule has 1 heterocycles. The van der Waals surface area contributed by atoms with Crippen LogP contribution in [0.15, 0.2) is 30.3 Å². The monoisotopic (exact) mass is 348 g/mol. The first-order valence-corrected chi connectivity index (χ1v) is 9.20. The van der Waals surface area contributed by atoms with Crippen LogP contribution in [0, 0.1) is 0 Å². The molecule has 5 heteroatoms. The van der Waals surface area contributed by atoms with Crippen LogP contribution in [0.3, 0.4) is 0 Å². The van der Waals surface area contributed by atoms with Gasteiger partial charge in [-0.15, -0.1) is 0 Å². The largest absolute Gasteiger partial charge is 0.343 e. The molecule has 0 radical (unpaired) electrons. The minimum absolute atomic E-state index is 0.0218. The molecule has 1 aromatic rings. The van der Waals surface area contributed by atoms with E-state index in [9.17, 15) is 9.59 Å². The number of nitrogens with one attached hydrogen (secondary N) is 1. The second-order valence-corrected chi connectivity index (χ2v) is 7.68. The summed E-state index contributed by atoms with van der Waals surface area (Å²) in [4.78, 5) is 27.2. The third-order valence-electron chi connectivity index (χ3n) is 4.78. The molecule has 132 valence electrons. The van der Waals surface area contributed by atoms with E-state index < -0.39 is 11.3 Å². The smallest absolute Gasteiger partial charge is 0.245 e. The van der Waals surface area contributed by atoms with Crippen LogP contribution in [0.2, 0.25) is 0 Å². The van der Waals surface area contributed by atoms with Crippen molar-refractivity contribution in [1.82, 2.24) is 10.2 Å². The van der Waals surface area contributed by atoms with Crippen molar-refractivity contribution in [2.45, 2.75) is 63.3 Å². The molecule has 1 N–H and O–H groups in total. The van der Waals surface area contributed by atoms with E-state index in [4.69, 9.17) is 0 Å². The van der Waals surface area contributed by atoms with Crippen molar-refractivity contribution in [2.24, 2.45) is 0 Å². The lowest BCUT2D eigenvalue weighted by Crippen LogP contribution is -2.54. The van der Waals surface area contributed by atoms with Gasteiger partial charge in [0.1, 0.15) is 6.04 Å². The maximum Gasteiger partial charge on any atom is 0.245 e. The van der Waals surface area contributed by atoms with Crippen LogP contribution in [0.1, 0.15) is 45.6 Å². The standard InChI is InChI=1S/C19H28N2O2S/c1-4-21-18(23)15(11-8-12-19(21,2)3)20-17(22)16(24)13-14-9-6-5-7-10-14/h5-7,9-10,15-16,24H,4,8,11-13H2,1-3H3,(H,20,22)/t15-,16?/m0/s1. The highest BCUT2D eigenvalue weighted by atomic mass is 32.1. The third-order valence-corrected chi connectivity index (χ3v) is 5.20. The summed E-state index contributed by atoms with van der Waals surface area (Å²) < 4.78 is 0. The first-order chi connectivity index (χ1) is 11.3. The molecule has 0 spiro atoms. The molecule has 2 atom stereocenters. The molecule has 1 unspecified atom stereocenters. The molecule has 4 nitrogen and oxygen atoms in total. The van der Waals surface area contributed by atoms with E-state index >= 15 is 0 Å². The van der Waals surface area contributed by atoms with Gasteiger partial charge in [0.25, 0.3) is 0 Å². The Hall–Kier alpha value is -1.49. The summed E-state index contributed by atoms with van der Waals surface area (Å²) in [6.45, 7) is 6.83. The van der Waals surface area contributed by atoms with E-state index in [0.29, 0.717) is 19.4 Å². The van der Waals surface area contributed by atoms with Crippen LogP contribution in [0.5, 0.6) is 0 Å². The second kappa shape index (κ2) is 8.06. The zero-order valence-electron chi connectivity index (χ0n) is 14.8. The quantitative estimate of drug-likeness (QED) is 0.804. The average molecular weight is 349 g/mol. The number of benzene rings is 1. The van der Waals surface area contributed by atoms with Crippen LogP contribution in [0.25, 0.3) is 0 Å². The van der Waals surface area contributed by atoms with Crippen LogP contribution < -0.4 is 5.32 Å². The predicted molar refractivity (Wildman–Crippen MR) is 100 cm³/mol. The Labute approximate surface area is 150 Å². The van der Waals surface area contributed by atoms with Gasteiger partial charge in [-0.1, -0.05) is 30.3 Å². The van der Waals surface area contributed by atoms with Gasteiger partial charge in [-0.3, -0.25) is 9.59 Å². The average Bonchev–Trinajstić information content (AvgIpc) is 2.64. The van der Waals surface area contributed by atoms with E-state index in [1.807, 2.05) is 42.2 Å². The molecule has 1 fully saturated rings. The molecule has 0 aliphatic carbocycles. The Morgan fingerprint density at radius 2 is 2.04 bits per heavy atom. The van der Waals surface area contributed by atoms with E-state index in [-0.39, 0.29) is 17.4 Å². The Morgan fingerprint density at radius 3 is 2.67 bits per heavy atom. The lowest BCUT2D eigenvalue weighted by Gasteiger charge is -2.37. The zero-order valence-corrected chi connectivity index (χ0v) is 15.7. The Kier molecular flexibility index (Phi) is 6.33. The van der Waals surface area contributed by atoms with Gasteiger partial charge in [0, 0.05) is 12.1 Å².